The topological polar surface area (TPSA) is 71.0 Å². The molecule has 5 rings (SSSR count). The van der Waals surface area contributed by atoms with E-state index in [9.17, 15) is 9.50 Å². The van der Waals surface area contributed by atoms with Crippen molar-refractivity contribution >= 4 is 28.6 Å². The molecule has 3 aromatic rings. The lowest BCUT2D eigenvalue weighted by Crippen LogP contribution is -2.23. The third-order valence-electron chi connectivity index (χ3n) is 6.06. The molecule has 1 fully saturated rings. The first kappa shape index (κ1) is 18.0. The maximum atomic E-state index is 14.4. The molecule has 0 saturated heterocycles. The molecular formula is C23H22FN3O2. The summed E-state index contributed by atoms with van der Waals surface area (Å²) in [5.74, 6) is 0.959. The average molecular weight is 391 g/mol. The number of aryl methyl sites for hydroxylation is 1. The maximum Gasteiger partial charge on any atom is 0.183 e. The summed E-state index contributed by atoms with van der Waals surface area (Å²) in [4.78, 5) is 4.18. The van der Waals surface area contributed by atoms with Crippen LogP contribution in [0.25, 0.3) is 22.7 Å². The molecular weight excluding hydrogens is 369 g/mol. The van der Waals surface area contributed by atoms with E-state index in [1.165, 1.54) is 0 Å². The predicted octanol–water partition coefficient (Wildman–Crippen LogP) is 6.51. The second-order valence-electron chi connectivity index (χ2n) is 7.92. The van der Waals surface area contributed by atoms with Crippen LogP contribution in [0.3, 0.4) is 0 Å². The average Bonchev–Trinajstić information content (AvgIpc) is 3.28. The first-order chi connectivity index (χ1) is 14.1. The molecule has 2 aliphatic rings. The van der Waals surface area contributed by atoms with E-state index in [-0.39, 0.29) is 11.7 Å². The fourth-order valence-corrected chi connectivity index (χ4v) is 4.39. The quantitative estimate of drug-likeness (QED) is 0.553. The van der Waals surface area contributed by atoms with Crippen molar-refractivity contribution in [1.82, 2.24) is 4.98 Å². The van der Waals surface area contributed by atoms with E-state index < -0.39 is 6.17 Å². The number of furan rings is 1. The van der Waals surface area contributed by atoms with Gasteiger partial charge in [-0.25, -0.2) is 9.37 Å². The minimum atomic E-state index is -0.772. The highest BCUT2D eigenvalue weighted by Crippen LogP contribution is 2.41. The lowest BCUT2D eigenvalue weighted by molar-refractivity contribution is 0.165. The number of benzene rings is 1. The lowest BCUT2D eigenvalue weighted by Gasteiger charge is -2.26. The smallest absolute Gasteiger partial charge is 0.183 e. The summed E-state index contributed by atoms with van der Waals surface area (Å²) in [5, 5.41) is 19.6. The van der Waals surface area contributed by atoms with E-state index in [1.54, 1.807) is 12.3 Å². The number of aromatic nitrogens is 1. The third-order valence-corrected chi connectivity index (χ3v) is 6.06. The molecule has 5 nitrogen and oxygen atoms in total. The normalized spacial score (nSPS) is 22.5. The van der Waals surface area contributed by atoms with E-state index in [2.05, 4.69) is 15.2 Å². The van der Waals surface area contributed by atoms with Crippen molar-refractivity contribution in [3.8, 4) is 5.75 Å². The maximum absolute atomic E-state index is 14.4. The largest absolute Gasteiger partial charge is 0.504 e. The summed E-state index contributed by atoms with van der Waals surface area (Å²) in [5.41, 5.74) is 4.06. The number of hydrogen-bond donors (Lipinski definition) is 1. The molecule has 2 aromatic heterocycles. The Bertz CT molecular complexity index is 1150. The number of rotatable bonds is 3. The summed E-state index contributed by atoms with van der Waals surface area (Å²) in [6.45, 7) is 2.01. The van der Waals surface area contributed by atoms with Crippen LogP contribution in [0.1, 0.15) is 48.1 Å². The number of azo groups is 1. The molecule has 1 aliphatic heterocycles. The van der Waals surface area contributed by atoms with Gasteiger partial charge >= 0.3 is 0 Å². The number of nitrogens with zero attached hydrogens (tertiary/aromatic N) is 3. The molecule has 0 amide bonds. The van der Waals surface area contributed by atoms with Crippen LogP contribution in [0.2, 0.25) is 0 Å². The molecule has 6 heteroatoms. The van der Waals surface area contributed by atoms with Gasteiger partial charge in [-0.3, -0.25) is 0 Å². The van der Waals surface area contributed by atoms with Crippen LogP contribution in [0, 0.1) is 12.8 Å². The summed E-state index contributed by atoms with van der Waals surface area (Å²) in [7, 11) is 0. The predicted molar refractivity (Wildman–Crippen MR) is 110 cm³/mol. The first-order valence-corrected chi connectivity index (χ1v) is 10.1. The van der Waals surface area contributed by atoms with Gasteiger partial charge in [0.05, 0.1) is 5.39 Å². The monoisotopic (exact) mass is 391 g/mol. The van der Waals surface area contributed by atoms with Crippen LogP contribution in [-0.2, 0) is 6.42 Å². The standard InChI is InChI=1S/C23H22FN3O2/c1-13-8-9-16-21(28)20(12-19-15-6-4-10-25-23(15)27-26-19)29-22(16)17(13)11-14-5-2-3-7-18(14)24/h4,6,8-10,12,14,18,28H,2-3,5,7,11H2,1H3/t14?,18-/m1/s1. The summed E-state index contributed by atoms with van der Waals surface area (Å²) >= 11 is 0. The number of pyridine rings is 1. The number of aromatic hydroxyl groups is 1. The van der Waals surface area contributed by atoms with Crippen molar-refractivity contribution in [1.29, 1.82) is 0 Å². The molecule has 29 heavy (non-hydrogen) atoms. The summed E-state index contributed by atoms with van der Waals surface area (Å²) in [6, 6.07) is 7.53. The van der Waals surface area contributed by atoms with Crippen LogP contribution in [0.5, 0.6) is 5.75 Å². The Morgan fingerprint density at radius 3 is 2.93 bits per heavy atom. The van der Waals surface area contributed by atoms with Gasteiger partial charge in [0, 0.05) is 17.8 Å². The van der Waals surface area contributed by atoms with Crippen LogP contribution >= 0.6 is 0 Å². The summed E-state index contributed by atoms with van der Waals surface area (Å²) < 4.78 is 20.5. The van der Waals surface area contributed by atoms with Gasteiger partial charge in [-0.1, -0.05) is 18.9 Å². The van der Waals surface area contributed by atoms with E-state index in [0.717, 1.165) is 36.0 Å². The molecule has 2 atom stereocenters. The molecule has 1 saturated carbocycles. The highest BCUT2D eigenvalue weighted by atomic mass is 19.1. The Kier molecular flexibility index (Phi) is 4.42. The van der Waals surface area contributed by atoms with Crippen LogP contribution in [0.4, 0.5) is 10.2 Å². The number of fused-ring (bicyclic) bond motifs is 2. The first-order valence-electron chi connectivity index (χ1n) is 10.1. The van der Waals surface area contributed by atoms with Gasteiger partial charge in [-0.2, -0.15) is 0 Å². The van der Waals surface area contributed by atoms with Crippen molar-refractivity contribution in [2.24, 2.45) is 16.1 Å². The Hall–Kier alpha value is -3.02. The number of alkyl halides is 1. The number of halogens is 1. The highest BCUT2D eigenvalue weighted by molar-refractivity contribution is 5.94. The van der Waals surface area contributed by atoms with Gasteiger partial charge in [0.25, 0.3) is 0 Å². The molecule has 0 spiro atoms. The Morgan fingerprint density at radius 2 is 2.07 bits per heavy atom. The summed E-state index contributed by atoms with van der Waals surface area (Å²) in [6.07, 6.45) is 6.77. The molecule has 3 heterocycles. The molecule has 1 unspecified atom stereocenters. The van der Waals surface area contributed by atoms with Gasteiger partial charge in [0.1, 0.15) is 17.5 Å². The Balaban J connectivity index is 1.57. The zero-order valence-electron chi connectivity index (χ0n) is 16.2. The lowest BCUT2D eigenvalue weighted by atomic mass is 9.82. The van der Waals surface area contributed by atoms with E-state index in [0.29, 0.717) is 41.1 Å². The number of hydrogen-bond acceptors (Lipinski definition) is 5. The van der Waals surface area contributed by atoms with Gasteiger partial charge < -0.3 is 9.52 Å². The van der Waals surface area contributed by atoms with E-state index >= 15 is 0 Å². The second kappa shape index (κ2) is 7.10. The molecule has 148 valence electrons. The highest BCUT2D eigenvalue weighted by Gasteiger charge is 2.27. The van der Waals surface area contributed by atoms with Crippen LogP contribution < -0.4 is 0 Å². The molecule has 1 aromatic carbocycles. The molecule has 1 aliphatic carbocycles. The third kappa shape index (κ3) is 3.12. The van der Waals surface area contributed by atoms with Gasteiger partial charge in [0.15, 0.2) is 17.3 Å². The van der Waals surface area contributed by atoms with Gasteiger partial charge in [-0.05, 0) is 61.4 Å². The SMILES string of the molecule is Cc1ccc2c(O)c(C=C3N=Nc4ncccc43)oc2c1CC1CCCC[C@H]1F. The fraction of sp³-hybridized carbons (Fsp3) is 0.348. The zero-order chi connectivity index (χ0) is 20.0. The second-order valence-corrected chi connectivity index (χ2v) is 7.92. The van der Waals surface area contributed by atoms with E-state index in [4.69, 9.17) is 4.42 Å². The van der Waals surface area contributed by atoms with Crippen LogP contribution in [0.15, 0.2) is 45.1 Å². The van der Waals surface area contributed by atoms with Gasteiger partial charge in [-0.15, -0.1) is 10.2 Å². The Labute approximate surface area is 168 Å². The Morgan fingerprint density at radius 1 is 1.21 bits per heavy atom. The van der Waals surface area contributed by atoms with Crippen molar-refractivity contribution in [2.45, 2.75) is 45.2 Å². The van der Waals surface area contributed by atoms with Crippen molar-refractivity contribution in [3.05, 3.63) is 52.9 Å². The minimum absolute atomic E-state index is 0.00341. The van der Waals surface area contributed by atoms with Crippen molar-refractivity contribution in [3.63, 3.8) is 0 Å². The molecule has 0 radical (unpaired) electrons. The van der Waals surface area contributed by atoms with Crippen LogP contribution in [-0.4, -0.2) is 16.3 Å². The molecule has 1 N–H and O–H groups in total. The fourth-order valence-electron chi connectivity index (χ4n) is 4.39. The van der Waals surface area contributed by atoms with Crippen molar-refractivity contribution in [2.75, 3.05) is 0 Å². The minimum Gasteiger partial charge on any atom is -0.504 e. The van der Waals surface area contributed by atoms with Crippen molar-refractivity contribution < 1.29 is 13.9 Å². The van der Waals surface area contributed by atoms with E-state index in [1.807, 2.05) is 31.2 Å². The van der Waals surface area contributed by atoms with Gasteiger partial charge in [0.2, 0.25) is 0 Å². The zero-order valence-corrected chi connectivity index (χ0v) is 16.2. The molecule has 0 bridgehead atoms.